The van der Waals surface area contributed by atoms with Crippen molar-refractivity contribution in [3.63, 3.8) is 0 Å². The molecule has 148 valence electrons. The molecule has 2 aromatic rings. The molecule has 0 aliphatic rings. The summed E-state index contributed by atoms with van der Waals surface area (Å²) in [6, 6.07) is 8.85. The SMILES string of the molecule is COC=C(Oc1ccc(F)c(F)c1C(=O)OCc1ccc(C)cc1)C(=O)OC. The lowest BCUT2D eigenvalue weighted by Crippen LogP contribution is -2.15. The number of ether oxygens (including phenoxy) is 4. The highest BCUT2D eigenvalue weighted by Crippen LogP contribution is 2.27. The van der Waals surface area contributed by atoms with Crippen LogP contribution in [0.1, 0.15) is 21.5 Å². The molecule has 0 aliphatic heterocycles. The number of halogens is 2. The van der Waals surface area contributed by atoms with Gasteiger partial charge in [-0.25, -0.2) is 18.4 Å². The van der Waals surface area contributed by atoms with Crippen LogP contribution in [0.4, 0.5) is 8.78 Å². The maximum atomic E-state index is 14.3. The number of benzene rings is 2. The number of rotatable bonds is 7. The van der Waals surface area contributed by atoms with Crippen molar-refractivity contribution < 1.29 is 37.3 Å². The molecule has 0 aliphatic carbocycles. The van der Waals surface area contributed by atoms with Gasteiger partial charge in [0.15, 0.2) is 11.6 Å². The largest absolute Gasteiger partial charge is 0.500 e. The molecule has 0 radical (unpaired) electrons. The van der Waals surface area contributed by atoms with E-state index in [0.29, 0.717) is 5.56 Å². The molecule has 0 saturated carbocycles. The molecule has 0 aromatic heterocycles. The lowest BCUT2D eigenvalue weighted by molar-refractivity contribution is -0.138. The van der Waals surface area contributed by atoms with Gasteiger partial charge in [-0.2, -0.15) is 0 Å². The van der Waals surface area contributed by atoms with Crippen LogP contribution in [-0.4, -0.2) is 26.2 Å². The third-order valence-corrected chi connectivity index (χ3v) is 3.58. The van der Waals surface area contributed by atoms with Crippen molar-refractivity contribution in [2.24, 2.45) is 0 Å². The average Bonchev–Trinajstić information content (AvgIpc) is 2.69. The van der Waals surface area contributed by atoms with E-state index in [9.17, 15) is 18.4 Å². The zero-order valence-electron chi connectivity index (χ0n) is 15.5. The van der Waals surface area contributed by atoms with Crippen LogP contribution in [0.15, 0.2) is 48.4 Å². The van der Waals surface area contributed by atoms with E-state index in [1.807, 2.05) is 19.1 Å². The molecule has 0 N–H and O–H groups in total. The summed E-state index contributed by atoms with van der Waals surface area (Å²) in [5.41, 5.74) is 0.882. The van der Waals surface area contributed by atoms with E-state index in [1.165, 1.54) is 7.11 Å². The van der Waals surface area contributed by atoms with Crippen molar-refractivity contribution in [2.75, 3.05) is 14.2 Å². The van der Waals surface area contributed by atoms with Gasteiger partial charge in [0.1, 0.15) is 24.2 Å². The molecule has 0 fully saturated rings. The minimum Gasteiger partial charge on any atom is -0.500 e. The highest BCUT2D eigenvalue weighted by atomic mass is 19.2. The Kier molecular flexibility index (Phi) is 7.08. The van der Waals surface area contributed by atoms with Gasteiger partial charge in [0, 0.05) is 0 Å². The number of hydrogen-bond acceptors (Lipinski definition) is 6. The Balaban J connectivity index is 2.30. The molecular weight excluding hydrogens is 374 g/mol. The van der Waals surface area contributed by atoms with Gasteiger partial charge in [-0.15, -0.1) is 0 Å². The molecule has 2 aromatic carbocycles. The van der Waals surface area contributed by atoms with Gasteiger partial charge in [-0.3, -0.25) is 0 Å². The van der Waals surface area contributed by atoms with Crippen molar-refractivity contribution in [1.29, 1.82) is 0 Å². The molecule has 0 amide bonds. The predicted octanol–water partition coefficient (Wildman–Crippen LogP) is 3.67. The number of methoxy groups -OCH3 is 2. The van der Waals surface area contributed by atoms with E-state index < -0.39 is 40.6 Å². The van der Waals surface area contributed by atoms with Gasteiger partial charge < -0.3 is 18.9 Å². The standard InChI is InChI=1S/C20H18F2O6/c1-12-4-6-13(7-5-12)10-27-20(24)17-15(9-8-14(21)18(17)22)28-16(11-25-2)19(23)26-3/h4-9,11H,10H2,1-3H3. The molecule has 0 bridgehead atoms. The third-order valence-electron chi connectivity index (χ3n) is 3.58. The zero-order chi connectivity index (χ0) is 20.7. The van der Waals surface area contributed by atoms with Crippen molar-refractivity contribution in [2.45, 2.75) is 13.5 Å². The molecule has 6 nitrogen and oxygen atoms in total. The number of carbonyl (C=O) groups is 2. The smallest absolute Gasteiger partial charge is 0.377 e. The highest BCUT2D eigenvalue weighted by molar-refractivity contribution is 5.93. The Labute approximate surface area is 160 Å². The summed E-state index contributed by atoms with van der Waals surface area (Å²) in [6.45, 7) is 1.74. The summed E-state index contributed by atoms with van der Waals surface area (Å²) in [7, 11) is 2.34. The summed E-state index contributed by atoms with van der Waals surface area (Å²) < 4.78 is 47.4. The monoisotopic (exact) mass is 392 g/mol. The fourth-order valence-electron chi connectivity index (χ4n) is 2.15. The normalized spacial score (nSPS) is 11.0. The predicted molar refractivity (Wildman–Crippen MR) is 94.4 cm³/mol. The van der Waals surface area contributed by atoms with Crippen molar-refractivity contribution >= 4 is 11.9 Å². The van der Waals surface area contributed by atoms with Crippen molar-refractivity contribution in [1.82, 2.24) is 0 Å². The summed E-state index contributed by atoms with van der Waals surface area (Å²) >= 11 is 0. The van der Waals surface area contributed by atoms with E-state index in [4.69, 9.17) is 14.2 Å². The lowest BCUT2D eigenvalue weighted by Gasteiger charge is -2.13. The maximum absolute atomic E-state index is 14.3. The van der Waals surface area contributed by atoms with Crippen LogP contribution in [0.5, 0.6) is 5.75 Å². The summed E-state index contributed by atoms with van der Waals surface area (Å²) in [5, 5.41) is 0. The van der Waals surface area contributed by atoms with E-state index in [2.05, 4.69) is 4.74 Å². The van der Waals surface area contributed by atoms with Gasteiger partial charge in [0.05, 0.1) is 14.2 Å². The second-order valence-corrected chi connectivity index (χ2v) is 5.61. The van der Waals surface area contributed by atoms with E-state index in [1.54, 1.807) is 12.1 Å². The van der Waals surface area contributed by atoms with Gasteiger partial charge in [-0.1, -0.05) is 29.8 Å². The van der Waals surface area contributed by atoms with Crippen LogP contribution in [0.25, 0.3) is 0 Å². The Morgan fingerprint density at radius 3 is 2.32 bits per heavy atom. The van der Waals surface area contributed by atoms with Gasteiger partial charge in [-0.05, 0) is 24.6 Å². The Morgan fingerprint density at radius 1 is 1.04 bits per heavy atom. The van der Waals surface area contributed by atoms with Crippen molar-refractivity contribution in [3.05, 3.63) is 76.7 Å². The molecule has 0 unspecified atom stereocenters. The van der Waals surface area contributed by atoms with Crippen LogP contribution in [-0.2, 0) is 25.6 Å². The highest BCUT2D eigenvalue weighted by Gasteiger charge is 2.26. The van der Waals surface area contributed by atoms with E-state index in [0.717, 1.165) is 31.1 Å². The van der Waals surface area contributed by atoms with Crippen LogP contribution in [0.3, 0.4) is 0 Å². The van der Waals surface area contributed by atoms with Gasteiger partial charge >= 0.3 is 11.9 Å². The number of esters is 2. The fraction of sp³-hybridized carbons (Fsp3) is 0.200. The molecule has 0 atom stereocenters. The van der Waals surface area contributed by atoms with Gasteiger partial charge in [0.25, 0.3) is 0 Å². The van der Waals surface area contributed by atoms with Crippen LogP contribution >= 0.6 is 0 Å². The summed E-state index contributed by atoms with van der Waals surface area (Å²) in [4.78, 5) is 24.1. The number of carbonyl (C=O) groups excluding carboxylic acids is 2. The number of hydrogen-bond donors (Lipinski definition) is 0. The lowest BCUT2D eigenvalue weighted by atomic mass is 10.1. The molecule has 8 heteroatoms. The second-order valence-electron chi connectivity index (χ2n) is 5.61. The molecule has 2 rings (SSSR count). The van der Waals surface area contributed by atoms with Crippen LogP contribution < -0.4 is 4.74 Å². The topological polar surface area (TPSA) is 71.1 Å². The van der Waals surface area contributed by atoms with E-state index >= 15 is 0 Å². The van der Waals surface area contributed by atoms with Crippen LogP contribution in [0.2, 0.25) is 0 Å². The minimum atomic E-state index is -1.46. The third kappa shape index (κ3) is 5.06. The first-order chi connectivity index (χ1) is 13.4. The van der Waals surface area contributed by atoms with Crippen molar-refractivity contribution in [3.8, 4) is 5.75 Å². The quantitative estimate of drug-likeness (QED) is 0.407. The molecule has 0 spiro atoms. The first kappa shape index (κ1) is 20.9. The molecule has 0 heterocycles. The Bertz CT molecular complexity index is 890. The van der Waals surface area contributed by atoms with Gasteiger partial charge in [0.2, 0.25) is 5.76 Å². The first-order valence-corrected chi connectivity index (χ1v) is 8.07. The maximum Gasteiger partial charge on any atom is 0.377 e. The average molecular weight is 392 g/mol. The molecular formula is C20H18F2O6. The number of aryl methyl sites for hydroxylation is 1. The first-order valence-electron chi connectivity index (χ1n) is 8.07. The second kappa shape index (κ2) is 9.50. The Hall–Kier alpha value is -3.42. The fourth-order valence-corrected chi connectivity index (χ4v) is 2.15. The molecule has 0 saturated heterocycles. The molecule has 28 heavy (non-hydrogen) atoms. The van der Waals surface area contributed by atoms with Crippen LogP contribution in [0, 0.1) is 18.6 Å². The zero-order valence-corrected chi connectivity index (χ0v) is 15.5. The summed E-state index contributed by atoms with van der Waals surface area (Å²) in [5.74, 6) is -5.73. The minimum absolute atomic E-state index is 0.160. The Morgan fingerprint density at radius 2 is 1.71 bits per heavy atom. The summed E-state index contributed by atoms with van der Waals surface area (Å²) in [6.07, 6.45) is 0.897. The van der Waals surface area contributed by atoms with E-state index in [-0.39, 0.29) is 6.61 Å².